The van der Waals surface area contributed by atoms with Crippen LogP contribution in [-0.4, -0.2) is 10.5 Å². The first-order valence-corrected chi connectivity index (χ1v) is 5.47. The lowest BCUT2D eigenvalue weighted by Crippen LogP contribution is -2.37. The number of amides is 1. The van der Waals surface area contributed by atoms with Crippen LogP contribution in [0.15, 0.2) is 36.7 Å². The van der Waals surface area contributed by atoms with E-state index >= 15 is 0 Å². The van der Waals surface area contributed by atoms with Gasteiger partial charge in [-0.2, -0.15) is 0 Å². The van der Waals surface area contributed by atoms with Gasteiger partial charge in [0.2, 0.25) is 0 Å². The van der Waals surface area contributed by atoms with E-state index < -0.39 is 0 Å². The molecule has 0 spiro atoms. The van der Waals surface area contributed by atoms with Crippen LogP contribution >= 0.6 is 0 Å². The zero-order valence-corrected chi connectivity index (χ0v) is 10.3. The second-order valence-corrected chi connectivity index (χ2v) is 4.16. The first-order chi connectivity index (χ1) is 8.08. The summed E-state index contributed by atoms with van der Waals surface area (Å²) < 4.78 is 3.59. The zero-order chi connectivity index (χ0) is 12.4. The van der Waals surface area contributed by atoms with Crippen molar-refractivity contribution in [2.45, 2.75) is 6.92 Å². The third kappa shape index (κ3) is 2.36. The number of aryl methyl sites for hydroxylation is 3. The lowest BCUT2D eigenvalue weighted by atomic mass is 10.2. The van der Waals surface area contributed by atoms with Gasteiger partial charge in [0.05, 0.1) is 14.1 Å². The SMILES string of the molecule is Cc1ccc(NC(=O)c2n(C)cc[n+]2C)cc1. The van der Waals surface area contributed by atoms with Crippen molar-refractivity contribution in [3.05, 3.63) is 48.0 Å². The molecule has 0 bridgehead atoms. The van der Waals surface area contributed by atoms with Gasteiger partial charge < -0.3 is 5.32 Å². The Labute approximate surface area is 101 Å². The van der Waals surface area contributed by atoms with Crippen molar-refractivity contribution < 1.29 is 9.36 Å². The Balaban J connectivity index is 2.20. The average Bonchev–Trinajstić information content (AvgIpc) is 2.62. The van der Waals surface area contributed by atoms with Crippen molar-refractivity contribution in [2.24, 2.45) is 14.1 Å². The molecule has 0 saturated heterocycles. The molecule has 4 heteroatoms. The van der Waals surface area contributed by atoms with E-state index in [9.17, 15) is 4.79 Å². The van der Waals surface area contributed by atoms with Gasteiger partial charge in [-0.3, -0.25) is 4.79 Å². The lowest BCUT2D eigenvalue weighted by molar-refractivity contribution is -0.672. The molecule has 1 aromatic carbocycles. The van der Waals surface area contributed by atoms with Gasteiger partial charge in [0.25, 0.3) is 0 Å². The molecule has 0 fully saturated rings. The highest BCUT2D eigenvalue weighted by molar-refractivity contribution is 6.00. The van der Waals surface area contributed by atoms with E-state index in [1.807, 2.05) is 57.7 Å². The number of rotatable bonds is 2. The van der Waals surface area contributed by atoms with E-state index in [1.165, 1.54) is 5.56 Å². The fourth-order valence-electron chi connectivity index (χ4n) is 1.73. The van der Waals surface area contributed by atoms with Crippen LogP contribution < -0.4 is 9.88 Å². The number of hydrogen-bond acceptors (Lipinski definition) is 1. The number of imidazole rings is 1. The van der Waals surface area contributed by atoms with Gasteiger partial charge in [0.15, 0.2) is 0 Å². The molecule has 0 atom stereocenters. The van der Waals surface area contributed by atoms with Crippen molar-refractivity contribution in [3.8, 4) is 0 Å². The maximum absolute atomic E-state index is 12.0. The number of hydrogen-bond donors (Lipinski definition) is 1. The molecule has 0 saturated carbocycles. The van der Waals surface area contributed by atoms with Crippen LogP contribution in [0, 0.1) is 6.92 Å². The Morgan fingerprint density at radius 1 is 1.29 bits per heavy atom. The van der Waals surface area contributed by atoms with Crippen molar-refractivity contribution in [3.63, 3.8) is 0 Å². The molecule has 0 aliphatic heterocycles. The number of benzene rings is 1. The summed E-state index contributed by atoms with van der Waals surface area (Å²) in [5, 5.41) is 2.87. The molecule has 2 aromatic rings. The highest BCUT2D eigenvalue weighted by Crippen LogP contribution is 2.09. The Bertz CT molecular complexity index is 521. The Morgan fingerprint density at radius 2 is 1.94 bits per heavy atom. The summed E-state index contributed by atoms with van der Waals surface area (Å²) in [5.41, 5.74) is 1.98. The Morgan fingerprint density at radius 3 is 2.47 bits per heavy atom. The van der Waals surface area contributed by atoms with Crippen molar-refractivity contribution in [1.82, 2.24) is 4.57 Å². The van der Waals surface area contributed by atoms with Gasteiger partial charge in [-0.15, -0.1) is 0 Å². The highest BCUT2D eigenvalue weighted by Gasteiger charge is 2.20. The average molecular weight is 230 g/mol. The van der Waals surface area contributed by atoms with Crippen LogP contribution in [0.1, 0.15) is 16.2 Å². The first kappa shape index (κ1) is 11.4. The minimum absolute atomic E-state index is 0.108. The summed E-state index contributed by atoms with van der Waals surface area (Å²) in [5.74, 6) is 0.509. The second-order valence-electron chi connectivity index (χ2n) is 4.16. The summed E-state index contributed by atoms with van der Waals surface area (Å²) in [6.07, 6.45) is 3.70. The van der Waals surface area contributed by atoms with Gasteiger partial charge in [-0.05, 0) is 19.1 Å². The van der Waals surface area contributed by atoms with Gasteiger partial charge in [-0.1, -0.05) is 17.7 Å². The summed E-state index contributed by atoms with van der Waals surface area (Å²) in [4.78, 5) is 12.0. The molecule has 0 aliphatic rings. The van der Waals surface area contributed by atoms with Gasteiger partial charge in [0, 0.05) is 5.69 Å². The number of carbonyl (C=O) groups is 1. The number of aromatic nitrogens is 2. The van der Waals surface area contributed by atoms with Gasteiger partial charge >= 0.3 is 11.7 Å². The lowest BCUT2D eigenvalue weighted by Gasteiger charge is -2.03. The van der Waals surface area contributed by atoms with Crippen LogP contribution in [0.25, 0.3) is 0 Å². The Kier molecular flexibility index (Phi) is 2.95. The number of anilines is 1. The quantitative estimate of drug-likeness (QED) is 0.778. The molecular formula is C13H16N3O+. The fraction of sp³-hybridized carbons (Fsp3) is 0.231. The molecular weight excluding hydrogens is 214 g/mol. The third-order valence-corrected chi connectivity index (χ3v) is 2.69. The molecule has 0 unspecified atom stereocenters. The predicted molar refractivity (Wildman–Crippen MR) is 65.7 cm³/mol. The molecule has 4 nitrogen and oxygen atoms in total. The summed E-state index contributed by atoms with van der Waals surface area (Å²) in [7, 11) is 3.70. The standard InChI is InChI=1S/C13H15N3O/c1-10-4-6-11(7-5-10)14-12(17)13-15(2)8-9-16(13)3/h4-9H,1-3H3/p+1. The molecule has 1 N–H and O–H groups in total. The topological polar surface area (TPSA) is 37.9 Å². The summed E-state index contributed by atoms with van der Waals surface area (Å²) in [6.45, 7) is 2.02. The van der Waals surface area contributed by atoms with E-state index in [2.05, 4.69) is 5.32 Å². The summed E-state index contributed by atoms with van der Waals surface area (Å²) in [6, 6.07) is 7.74. The van der Waals surface area contributed by atoms with E-state index in [1.54, 1.807) is 9.13 Å². The maximum atomic E-state index is 12.0. The first-order valence-electron chi connectivity index (χ1n) is 5.47. The van der Waals surface area contributed by atoms with Crippen molar-refractivity contribution >= 4 is 11.6 Å². The highest BCUT2D eigenvalue weighted by atomic mass is 16.2. The second kappa shape index (κ2) is 4.41. The zero-order valence-electron chi connectivity index (χ0n) is 10.3. The smallest absolute Gasteiger partial charge is 0.315 e. The monoisotopic (exact) mass is 230 g/mol. The minimum atomic E-state index is -0.108. The van der Waals surface area contributed by atoms with Crippen molar-refractivity contribution in [2.75, 3.05) is 5.32 Å². The largest absolute Gasteiger partial charge is 0.347 e. The molecule has 0 radical (unpaired) electrons. The summed E-state index contributed by atoms with van der Waals surface area (Å²) >= 11 is 0. The normalized spacial score (nSPS) is 10.3. The molecule has 17 heavy (non-hydrogen) atoms. The predicted octanol–water partition coefficient (Wildman–Crippen LogP) is 1.41. The fourth-order valence-corrected chi connectivity index (χ4v) is 1.73. The molecule has 88 valence electrons. The van der Waals surface area contributed by atoms with Crippen LogP contribution in [0.4, 0.5) is 5.69 Å². The molecule has 2 rings (SSSR count). The van der Waals surface area contributed by atoms with Gasteiger partial charge in [0.1, 0.15) is 12.4 Å². The number of carbonyl (C=O) groups excluding carboxylic acids is 1. The molecule has 1 amide bonds. The third-order valence-electron chi connectivity index (χ3n) is 2.69. The minimum Gasteiger partial charge on any atom is -0.315 e. The van der Waals surface area contributed by atoms with E-state index in [4.69, 9.17) is 0 Å². The van der Waals surface area contributed by atoms with E-state index in [0.717, 1.165) is 5.69 Å². The van der Waals surface area contributed by atoms with Gasteiger partial charge in [-0.25, -0.2) is 9.13 Å². The van der Waals surface area contributed by atoms with E-state index in [0.29, 0.717) is 5.82 Å². The Hall–Kier alpha value is -2.10. The molecule has 1 heterocycles. The molecule has 1 aromatic heterocycles. The van der Waals surface area contributed by atoms with Crippen molar-refractivity contribution in [1.29, 1.82) is 0 Å². The van der Waals surface area contributed by atoms with E-state index in [-0.39, 0.29) is 5.91 Å². The maximum Gasteiger partial charge on any atom is 0.347 e. The van der Waals surface area contributed by atoms with Crippen LogP contribution in [0.3, 0.4) is 0 Å². The van der Waals surface area contributed by atoms with Crippen LogP contribution in [0.5, 0.6) is 0 Å². The number of nitrogens with zero attached hydrogens (tertiary/aromatic N) is 2. The van der Waals surface area contributed by atoms with Crippen LogP contribution in [-0.2, 0) is 14.1 Å². The molecule has 0 aliphatic carbocycles. The number of nitrogens with one attached hydrogen (secondary N) is 1. The van der Waals surface area contributed by atoms with Crippen LogP contribution in [0.2, 0.25) is 0 Å².